The quantitative estimate of drug-likeness (QED) is 0.752. The lowest BCUT2D eigenvalue weighted by atomic mass is 9.31. The van der Waals surface area contributed by atoms with E-state index in [0.29, 0.717) is 5.02 Å². The number of carboxylic acid groups (broad SMARTS) is 1. The number of carbonyl (C=O) groups excluding carboxylic acids is 1. The molecule has 2 aromatic rings. The minimum Gasteiger partial charge on any atom is -0.480 e. The molecule has 3 aliphatic rings. The Morgan fingerprint density at radius 2 is 1.86 bits per heavy atom. The van der Waals surface area contributed by atoms with E-state index in [1.54, 1.807) is 0 Å². The summed E-state index contributed by atoms with van der Waals surface area (Å²) < 4.78 is 5.20. The minimum absolute atomic E-state index is 0.0119. The van der Waals surface area contributed by atoms with E-state index in [0.717, 1.165) is 30.4 Å². The highest BCUT2D eigenvalue weighted by Gasteiger charge is 2.72. The third-order valence-corrected chi connectivity index (χ3v) is 6.40. The van der Waals surface area contributed by atoms with Crippen molar-refractivity contribution in [2.75, 3.05) is 0 Å². The number of hydrogen-bond acceptors (Lipinski definition) is 3. The van der Waals surface area contributed by atoms with E-state index in [-0.39, 0.29) is 12.0 Å². The molecule has 0 saturated heterocycles. The zero-order chi connectivity index (χ0) is 19.9. The van der Waals surface area contributed by atoms with Crippen molar-refractivity contribution in [3.05, 3.63) is 70.2 Å². The van der Waals surface area contributed by atoms with E-state index < -0.39 is 23.5 Å². The van der Waals surface area contributed by atoms with Crippen LogP contribution in [0.5, 0.6) is 0 Å². The fourth-order valence-corrected chi connectivity index (χ4v) is 5.27. The van der Waals surface area contributed by atoms with Gasteiger partial charge in [-0.3, -0.25) is 0 Å². The van der Waals surface area contributed by atoms with Crippen molar-refractivity contribution in [1.29, 1.82) is 0 Å². The van der Waals surface area contributed by atoms with Gasteiger partial charge in [-0.1, -0.05) is 48.0 Å². The smallest absolute Gasteiger partial charge is 0.408 e. The molecule has 0 spiro atoms. The largest absolute Gasteiger partial charge is 0.480 e. The maximum Gasteiger partial charge on any atom is 0.408 e. The first kappa shape index (κ1) is 18.8. The highest BCUT2D eigenvalue weighted by molar-refractivity contribution is 6.30. The summed E-state index contributed by atoms with van der Waals surface area (Å²) in [5, 5.41) is 13.0. The van der Waals surface area contributed by atoms with Crippen molar-refractivity contribution >= 4 is 23.7 Å². The van der Waals surface area contributed by atoms with Gasteiger partial charge in [-0.2, -0.15) is 0 Å². The summed E-state index contributed by atoms with van der Waals surface area (Å²) in [6.07, 6.45) is 1.55. The number of aryl methyl sites for hydroxylation is 1. The van der Waals surface area contributed by atoms with Crippen LogP contribution in [-0.4, -0.2) is 23.2 Å². The van der Waals surface area contributed by atoms with E-state index in [1.165, 1.54) is 5.56 Å². The number of benzene rings is 2. The summed E-state index contributed by atoms with van der Waals surface area (Å²) in [7, 11) is 0. The lowest BCUT2D eigenvalue weighted by molar-refractivity contribution is -0.183. The SMILES string of the molecule is Cc1cc(Cl)ccc1C12CC(C(NC(=O)OCc3ccccc3)C(=O)O)(C1)C2. The molecule has 5 rings (SSSR count). The Kier molecular flexibility index (Phi) is 4.58. The van der Waals surface area contributed by atoms with E-state index in [4.69, 9.17) is 16.3 Å². The molecule has 0 heterocycles. The molecule has 6 heteroatoms. The second kappa shape index (κ2) is 6.82. The summed E-state index contributed by atoms with van der Waals surface area (Å²) >= 11 is 6.05. The molecule has 3 saturated carbocycles. The molecule has 1 amide bonds. The number of carbonyl (C=O) groups is 2. The number of rotatable bonds is 6. The van der Waals surface area contributed by atoms with Gasteiger partial charge in [-0.05, 0) is 60.4 Å². The zero-order valence-corrected chi connectivity index (χ0v) is 16.3. The van der Waals surface area contributed by atoms with Gasteiger partial charge in [0.15, 0.2) is 0 Å². The maximum absolute atomic E-state index is 12.2. The molecule has 0 radical (unpaired) electrons. The molecule has 2 N–H and O–H groups in total. The molecule has 1 atom stereocenters. The van der Waals surface area contributed by atoms with Crippen LogP contribution in [-0.2, 0) is 21.6 Å². The van der Waals surface area contributed by atoms with Gasteiger partial charge in [0, 0.05) is 10.4 Å². The Morgan fingerprint density at radius 1 is 1.18 bits per heavy atom. The predicted octanol–water partition coefficient (Wildman–Crippen LogP) is 4.45. The van der Waals surface area contributed by atoms with E-state index >= 15 is 0 Å². The van der Waals surface area contributed by atoms with E-state index in [9.17, 15) is 14.7 Å². The van der Waals surface area contributed by atoms with Gasteiger partial charge in [-0.15, -0.1) is 0 Å². The minimum atomic E-state index is -1.02. The van der Waals surface area contributed by atoms with Crippen molar-refractivity contribution in [3.8, 4) is 0 Å². The lowest BCUT2D eigenvalue weighted by Gasteiger charge is -2.72. The first-order chi connectivity index (χ1) is 13.3. The number of hydrogen-bond donors (Lipinski definition) is 2. The second-order valence-corrected chi connectivity index (χ2v) is 8.55. The molecule has 146 valence electrons. The van der Waals surface area contributed by atoms with Crippen LogP contribution in [0.2, 0.25) is 5.02 Å². The highest BCUT2D eigenvalue weighted by atomic mass is 35.5. The summed E-state index contributed by atoms with van der Waals surface area (Å²) in [5.41, 5.74) is 2.83. The second-order valence-electron chi connectivity index (χ2n) is 8.11. The molecule has 28 heavy (non-hydrogen) atoms. The highest BCUT2D eigenvalue weighted by Crippen LogP contribution is 2.75. The van der Waals surface area contributed by atoms with Gasteiger partial charge >= 0.3 is 12.1 Å². The summed E-state index contributed by atoms with van der Waals surface area (Å²) in [5.74, 6) is -1.02. The number of aliphatic carboxylic acids is 1. The number of carboxylic acids is 1. The van der Waals surface area contributed by atoms with Crippen LogP contribution in [0.4, 0.5) is 4.79 Å². The standard InChI is InChI=1S/C22H22ClNO4/c1-14-9-16(23)7-8-17(14)21-11-22(12-21,13-21)18(19(25)26)24-20(27)28-10-15-5-3-2-4-6-15/h2-9,18H,10-13H2,1H3,(H,24,27)(H,25,26). The predicted molar refractivity (Wildman–Crippen MR) is 105 cm³/mol. The van der Waals surface area contributed by atoms with Crippen LogP contribution in [0.3, 0.4) is 0 Å². The van der Waals surface area contributed by atoms with Gasteiger partial charge in [0.2, 0.25) is 0 Å². The number of nitrogens with one attached hydrogen (secondary N) is 1. The third-order valence-electron chi connectivity index (χ3n) is 6.17. The van der Waals surface area contributed by atoms with E-state index in [2.05, 4.69) is 5.32 Å². The molecule has 0 aromatic heterocycles. The zero-order valence-electron chi connectivity index (χ0n) is 15.6. The maximum atomic E-state index is 12.2. The molecule has 0 aliphatic heterocycles. The van der Waals surface area contributed by atoms with Gasteiger partial charge in [0.05, 0.1) is 0 Å². The Labute approximate surface area is 168 Å². The Hall–Kier alpha value is -2.53. The first-order valence-electron chi connectivity index (χ1n) is 9.30. The fourth-order valence-electron chi connectivity index (χ4n) is 5.04. The van der Waals surface area contributed by atoms with Crippen molar-refractivity contribution in [1.82, 2.24) is 5.32 Å². The Bertz CT molecular complexity index is 908. The van der Waals surface area contributed by atoms with Crippen LogP contribution >= 0.6 is 11.6 Å². The average Bonchev–Trinajstić information content (AvgIpc) is 2.59. The molecule has 3 fully saturated rings. The molecule has 5 nitrogen and oxygen atoms in total. The normalized spacial score (nSPS) is 25.8. The average molecular weight is 400 g/mol. The Balaban J connectivity index is 1.39. The number of amides is 1. The van der Waals surface area contributed by atoms with Crippen LogP contribution in [0.25, 0.3) is 0 Å². The molecule has 2 bridgehead atoms. The van der Waals surface area contributed by atoms with Gasteiger partial charge in [0.25, 0.3) is 0 Å². The van der Waals surface area contributed by atoms with Crippen molar-refractivity contribution < 1.29 is 19.4 Å². The molecule has 2 aromatic carbocycles. The molecular formula is C22H22ClNO4. The van der Waals surface area contributed by atoms with E-state index in [1.807, 2.05) is 55.5 Å². The molecule has 1 unspecified atom stereocenters. The molecular weight excluding hydrogens is 378 g/mol. The van der Waals surface area contributed by atoms with Crippen LogP contribution in [0, 0.1) is 12.3 Å². The first-order valence-corrected chi connectivity index (χ1v) is 9.68. The number of halogens is 1. The van der Waals surface area contributed by atoms with Gasteiger partial charge < -0.3 is 15.2 Å². The number of alkyl carbamates (subject to hydrolysis) is 1. The van der Waals surface area contributed by atoms with Crippen molar-refractivity contribution in [3.63, 3.8) is 0 Å². The summed E-state index contributed by atoms with van der Waals surface area (Å²) in [4.78, 5) is 24.0. The summed E-state index contributed by atoms with van der Waals surface area (Å²) in [6.45, 7) is 2.14. The van der Waals surface area contributed by atoms with Gasteiger partial charge in [-0.25, -0.2) is 9.59 Å². The van der Waals surface area contributed by atoms with Crippen molar-refractivity contribution in [2.24, 2.45) is 5.41 Å². The van der Waals surface area contributed by atoms with Crippen molar-refractivity contribution in [2.45, 2.75) is 44.2 Å². The topological polar surface area (TPSA) is 75.6 Å². The number of ether oxygens (including phenoxy) is 1. The fraction of sp³-hybridized carbons (Fsp3) is 0.364. The lowest BCUT2D eigenvalue weighted by Crippen LogP contribution is -2.73. The van der Waals surface area contributed by atoms with Crippen LogP contribution in [0.15, 0.2) is 48.5 Å². The van der Waals surface area contributed by atoms with Gasteiger partial charge in [0.1, 0.15) is 12.6 Å². The Morgan fingerprint density at radius 3 is 2.46 bits per heavy atom. The summed E-state index contributed by atoms with van der Waals surface area (Å²) in [6, 6.07) is 14.2. The third kappa shape index (κ3) is 3.14. The van der Waals surface area contributed by atoms with Crippen LogP contribution < -0.4 is 5.32 Å². The monoisotopic (exact) mass is 399 g/mol. The molecule has 3 aliphatic carbocycles. The van der Waals surface area contributed by atoms with Crippen LogP contribution in [0.1, 0.15) is 36.0 Å².